The molecule has 2 N–H and O–H groups in total. The molecular formula is C14H18ClN3O2S. The molecule has 1 unspecified atom stereocenters. The molecule has 2 rings (SSSR count). The molecule has 0 aliphatic heterocycles. The van der Waals surface area contributed by atoms with Crippen molar-refractivity contribution in [3.05, 3.63) is 16.2 Å². The average molecular weight is 328 g/mol. The SMILES string of the molecule is CCc1cc2c(NC(CC(C)C)C(=O)O)nc(Cl)nc2s1. The number of aryl methyl sites for hydroxylation is 1. The Bertz CT molecular complexity index is 657. The zero-order valence-corrected chi connectivity index (χ0v) is 13.8. The van der Waals surface area contributed by atoms with Gasteiger partial charge in [-0.2, -0.15) is 0 Å². The highest BCUT2D eigenvalue weighted by atomic mass is 35.5. The highest BCUT2D eigenvalue weighted by Gasteiger charge is 2.21. The van der Waals surface area contributed by atoms with E-state index in [4.69, 9.17) is 11.6 Å². The molecule has 0 bridgehead atoms. The van der Waals surface area contributed by atoms with Crippen LogP contribution in [0.5, 0.6) is 0 Å². The molecule has 2 aromatic rings. The molecule has 21 heavy (non-hydrogen) atoms. The van der Waals surface area contributed by atoms with E-state index in [1.54, 1.807) is 11.3 Å². The molecule has 0 radical (unpaired) electrons. The summed E-state index contributed by atoms with van der Waals surface area (Å²) in [4.78, 5) is 21.7. The molecule has 5 nitrogen and oxygen atoms in total. The normalized spacial score (nSPS) is 12.8. The number of carbonyl (C=O) groups is 1. The second-order valence-corrected chi connectivity index (χ2v) is 6.74. The van der Waals surface area contributed by atoms with Gasteiger partial charge in [0.15, 0.2) is 0 Å². The van der Waals surface area contributed by atoms with Gasteiger partial charge in [0.2, 0.25) is 5.28 Å². The lowest BCUT2D eigenvalue weighted by atomic mass is 10.0. The summed E-state index contributed by atoms with van der Waals surface area (Å²) in [7, 11) is 0. The predicted molar refractivity (Wildman–Crippen MR) is 86.3 cm³/mol. The average Bonchev–Trinajstić information content (AvgIpc) is 2.80. The van der Waals surface area contributed by atoms with Crippen LogP contribution in [0, 0.1) is 5.92 Å². The monoisotopic (exact) mass is 327 g/mol. The van der Waals surface area contributed by atoms with Gasteiger partial charge in [0, 0.05) is 4.88 Å². The summed E-state index contributed by atoms with van der Waals surface area (Å²) in [5, 5.41) is 13.3. The zero-order chi connectivity index (χ0) is 15.6. The Morgan fingerprint density at radius 1 is 1.48 bits per heavy atom. The summed E-state index contributed by atoms with van der Waals surface area (Å²) in [6.07, 6.45) is 1.41. The summed E-state index contributed by atoms with van der Waals surface area (Å²) < 4.78 is 0. The summed E-state index contributed by atoms with van der Waals surface area (Å²) in [5.74, 6) is -0.133. The van der Waals surface area contributed by atoms with Crippen LogP contribution in [0.3, 0.4) is 0 Å². The smallest absolute Gasteiger partial charge is 0.326 e. The Morgan fingerprint density at radius 3 is 2.76 bits per heavy atom. The first-order valence-electron chi connectivity index (χ1n) is 6.86. The fraction of sp³-hybridized carbons (Fsp3) is 0.500. The molecule has 114 valence electrons. The predicted octanol–water partition coefficient (Wildman–Crippen LogP) is 3.82. The summed E-state index contributed by atoms with van der Waals surface area (Å²) in [6.45, 7) is 6.03. The lowest BCUT2D eigenvalue weighted by molar-refractivity contribution is -0.138. The van der Waals surface area contributed by atoms with Gasteiger partial charge >= 0.3 is 5.97 Å². The van der Waals surface area contributed by atoms with E-state index in [9.17, 15) is 9.90 Å². The number of thiophene rings is 1. The Hall–Kier alpha value is -1.40. The zero-order valence-electron chi connectivity index (χ0n) is 12.2. The molecular weight excluding hydrogens is 310 g/mol. The summed E-state index contributed by atoms with van der Waals surface area (Å²) in [5.41, 5.74) is 0. The van der Waals surface area contributed by atoms with E-state index < -0.39 is 12.0 Å². The minimum absolute atomic E-state index is 0.128. The van der Waals surface area contributed by atoms with Gasteiger partial charge < -0.3 is 10.4 Å². The number of aliphatic carboxylic acids is 1. The maximum absolute atomic E-state index is 11.4. The maximum Gasteiger partial charge on any atom is 0.326 e. The first-order chi connectivity index (χ1) is 9.90. The summed E-state index contributed by atoms with van der Waals surface area (Å²) >= 11 is 7.49. The third-order valence-corrected chi connectivity index (χ3v) is 4.42. The molecule has 0 spiro atoms. The quantitative estimate of drug-likeness (QED) is 0.789. The fourth-order valence-corrected chi connectivity index (χ4v) is 3.27. The number of halogens is 1. The highest BCUT2D eigenvalue weighted by molar-refractivity contribution is 7.18. The molecule has 0 aliphatic carbocycles. The number of anilines is 1. The number of carboxylic acids is 1. The maximum atomic E-state index is 11.4. The number of hydrogen-bond donors (Lipinski definition) is 2. The number of rotatable bonds is 6. The van der Waals surface area contributed by atoms with Crippen LogP contribution in [0.25, 0.3) is 10.2 Å². The molecule has 7 heteroatoms. The molecule has 0 amide bonds. The van der Waals surface area contributed by atoms with Crippen molar-refractivity contribution in [3.8, 4) is 0 Å². The van der Waals surface area contributed by atoms with E-state index in [1.165, 1.54) is 4.88 Å². The van der Waals surface area contributed by atoms with Gasteiger partial charge in [0.25, 0.3) is 0 Å². The number of nitrogens with zero attached hydrogens (tertiary/aromatic N) is 2. The molecule has 2 aromatic heterocycles. The van der Waals surface area contributed by atoms with Crippen LogP contribution in [0.4, 0.5) is 5.82 Å². The van der Waals surface area contributed by atoms with Crippen molar-refractivity contribution < 1.29 is 9.90 Å². The molecule has 0 aliphatic rings. The Labute approximate surface area is 132 Å². The van der Waals surface area contributed by atoms with E-state index in [0.29, 0.717) is 12.2 Å². The molecule has 2 heterocycles. The van der Waals surface area contributed by atoms with Crippen LogP contribution in [0.1, 0.15) is 32.1 Å². The number of fused-ring (bicyclic) bond motifs is 1. The van der Waals surface area contributed by atoms with Gasteiger partial charge in [-0.3, -0.25) is 0 Å². The van der Waals surface area contributed by atoms with Gasteiger partial charge in [-0.1, -0.05) is 20.8 Å². The third-order valence-electron chi connectivity index (χ3n) is 3.08. The van der Waals surface area contributed by atoms with Crippen LogP contribution >= 0.6 is 22.9 Å². The lowest BCUT2D eigenvalue weighted by Gasteiger charge is -2.17. The van der Waals surface area contributed by atoms with Gasteiger partial charge in [-0.25, -0.2) is 14.8 Å². The number of hydrogen-bond acceptors (Lipinski definition) is 5. The van der Waals surface area contributed by atoms with E-state index in [1.807, 2.05) is 19.9 Å². The van der Waals surface area contributed by atoms with Crippen LogP contribution in [0.2, 0.25) is 5.28 Å². The molecule has 0 saturated carbocycles. The first-order valence-corrected chi connectivity index (χ1v) is 8.05. The van der Waals surface area contributed by atoms with Crippen molar-refractivity contribution in [1.82, 2.24) is 9.97 Å². The topological polar surface area (TPSA) is 75.1 Å². The Balaban J connectivity index is 2.39. The first kappa shape index (κ1) is 16.0. The number of carboxylic acid groups (broad SMARTS) is 1. The second kappa shape index (κ2) is 6.58. The molecule has 0 fully saturated rings. The van der Waals surface area contributed by atoms with E-state index in [0.717, 1.165) is 16.6 Å². The Morgan fingerprint density at radius 2 is 2.19 bits per heavy atom. The highest BCUT2D eigenvalue weighted by Crippen LogP contribution is 2.31. The van der Waals surface area contributed by atoms with Crippen molar-refractivity contribution in [3.63, 3.8) is 0 Å². The van der Waals surface area contributed by atoms with Crippen molar-refractivity contribution in [2.75, 3.05) is 5.32 Å². The summed E-state index contributed by atoms with van der Waals surface area (Å²) in [6, 6.07) is 1.30. The largest absolute Gasteiger partial charge is 0.480 e. The van der Waals surface area contributed by atoms with Crippen molar-refractivity contribution in [2.24, 2.45) is 5.92 Å². The van der Waals surface area contributed by atoms with Crippen molar-refractivity contribution in [2.45, 2.75) is 39.7 Å². The van der Waals surface area contributed by atoms with Crippen LogP contribution in [-0.4, -0.2) is 27.1 Å². The standard InChI is InChI=1S/C14H18ClN3O2S/c1-4-8-6-9-11(17-14(15)18-12(9)21-8)16-10(13(19)20)5-7(2)3/h6-7,10H,4-5H2,1-3H3,(H,19,20)(H,16,17,18). The molecule has 1 atom stereocenters. The van der Waals surface area contributed by atoms with Gasteiger partial charge in [-0.15, -0.1) is 11.3 Å². The van der Waals surface area contributed by atoms with Gasteiger partial charge in [-0.05, 0) is 36.4 Å². The Kier molecular flexibility index (Phi) is 5.00. The van der Waals surface area contributed by atoms with E-state index >= 15 is 0 Å². The molecule has 0 aromatic carbocycles. The lowest BCUT2D eigenvalue weighted by Crippen LogP contribution is -2.31. The van der Waals surface area contributed by atoms with Gasteiger partial charge in [0.1, 0.15) is 16.7 Å². The van der Waals surface area contributed by atoms with Crippen LogP contribution in [-0.2, 0) is 11.2 Å². The molecule has 0 saturated heterocycles. The van der Waals surface area contributed by atoms with Crippen molar-refractivity contribution in [1.29, 1.82) is 0 Å². The fourth-order valence-electron chi connectivity index (χ4n) is 2.09. The number of nitrogens with one attached hydrogen (secondary N) is 1. The van der Waals surface area contributed by atoms with E-state index in [-0.39, 0.29) is 11.2 Å². The van der Waals surface area contributed by atoms with Crippen LogP contribution in [0.15, 0.2) is 6.07 Å². The minimum atomic E-state index is -0.891. The second-order valence-electron chi connectivity index (χ2n) is 5.29. The van der Waals surface area contributed by atoms with E-state index in [2.05, 4.69) is 22.2 Å². The third kappa shape index (κ3) is 3.83. The van der Waals surface area contributed by atoms with Crippen LogP contribution < -0.4 is 5.32 Å². The number of aromatic nitrogens is 2. The minimum Gasteiger partial charge on any atom is -0.480 e. The van der Waals surface area contributed by atoms with Gasteiger partial charge in [0.05, 0.1) is 5.39 Å². The van der Waals surface area contributed by atoms with Crippen molar-refractivity contribution >= 4 is 44.9 Å².